The van der Waals surface area contributed by atoms with Gasteiger partial charge in [0, 0.05) is 31.2 Å². The van der Waals surface area contributed by atoms with E-state index >= 15 is 0 Å². The number of hydrogen-bond donors (Lipinski definition) is 0. The van der Waals surface area contributed by atoms with E-state index in [1.807, 2.05) is 12.1 Å². The van der Waals surface area contributed by atoms with Crippen molar-refractivity contribution in [3.63, 3.8) is 0 Å². The highest BCUT2D eigenvalue weighted by Crippen LogP contribution is 2.31. The third-order valence-electron chi connectivity index (χ3n) is 4.63. The first-order chi connectivity index (χ1) is 13.7. The van der Waals surface area contributed by atoms with Crippen molar-refractivity contribution in [2.24, 2.45) is 0 Å². The number of amides is 1. The second-order valence-electron chi connectivity index (χ2n) is 6.57. The summed E-state index contributed by atoms with van der Waals surface area (Å²) >= 11 is 7.55. The molecule has 3 heterocycles. The summed E-state index contributed by atoms with van der Waals surface area (Å²) in [5.41, 5.74) is 0.824. The van der Waals surface area contributed by atoms with Crippen molar-refractivity contribution >= 4 is 44.2 Å². The molecule has 1 amide bonds. The van der Waals surface area contributed by atoms with Gasteiger partial charge in [-0.05, 0) is 24.6 Å². The van der Waals surface area contributed by atoms with Crippen molar-refractivity contribution in [2.75, 3.05) is 57.5 Å². The van der Waals surface area contributed by atoms with Crippen LogP contribution in [0.25, 0.3) is 10.2 Å². The second kappa shape index (κ2) is 9.09. The molecule has 2 aliphatic rings. The van der Waals surface area contributed by atoms with Gasteiger partial charge < -0.3 is 14.2 Å². The average Bonchev–Trinajstić information content (AvgIpc) is 3.15. The van der Waals surface area contributed by atoms with Gasteiger partial charge in [-0.1, -0.05) is 22.9 Å². The quantitative estimate of drug-likeness (QED) is 0.711. The molecule has 0 unspecified atom stereocenters. The van der Waals surface area contributed by atoms with Crippen molar-refractivity contribution in [1.82, 2.24) is 9.88 Å². The van der Waals surface area contributed by atoms with Crippen LogP contribution >= 0.6 is 22.9 Å². The second-order valence-corrected chi connectivity index (χ2v) is 8.02. The van der Waals surface area contributed by atoms with Crippen molar-refractivity contribution in [2.45, 2.75) is 6.42 Å². The first-order valence-corrected chi connectivity index (χ1v) is 10.5. The molecule has 0 spiro atoms. The fourth-order valence-electron chi connectivity index (χ4n) is 3.18. The molecule has 0 bridgehead atoms. The smallest absolute Gasteiger partial charge is 0.298 e. The summed E-state index contributed by atoms with van der Waals surface area (Å²) in [5, 5.41) is 1.29. The number of benzene rings is 1. The van der Waals surface area contributed by atoms with Crippen LogP contribution < -0.4 is 4.90 Å². The largest absolute Gasteiger partial charge is 0.494 e. The Morgan fingerprint density at radius 2 is 2.11 bits per heavy atom. The lowest BCUT2D eigenvalue weighted by Gasteiger charge is -2.28. The molecule has 1 fully saturated rings. The first-order valence-electron chi connectivity index (χ1n) is 9.33. The Hall–Kier alpha value is -1.87. The monoisotopic (exact) mass is 423 g/mol. The maximum atomic E-state index is 13.1. The van der Waals surface area contributed by atoms with Gasteiger partial charge in [0.25, 0.3) is 5.91 Å². The van der Waals surface area contributed by atoms with E-state index in [0.717, 1.165) is 49.5 Å². The molecular formula is C19H22ClN3O4S. The van der Waals surface area contributed by atoms with Crippen molar-refractivity contribution in [3.05, 3.63) is 35.2 Å². The van der Waals surface area contributed by atoms with Crippen LogP contribution in [-0.2, 0) is 19.0 Å². The zero-order chi connectivity index (χ0) is 19.3. The van der Waals surface area contributed by atoms with Crippen molar-refractivity contribution in [3.8, 4) is 0 Å². The minimum Gasteiger partial charge on any atom is -0.494 e. The van der Waals surface area contributed by atoms with Crippen LogP contribution in [0.3, 0.4) is 0 Å². The lowest BCUT2D eigenvalue weighted by Crippen LogP contribution is -2.40. The lowest BCUT2D eigenvalue weighted by atomic mass is 10.3. The molecular weight excluding hydrogens is 402 g/mol. The number of nitrogens with zero attached hydrogens (tertiary/aromatic N) is 3. The van der Waals surface area contributed by atoms with Gasteiger partial charge in [0.15, 0.2) is 5.13 Å². The lowest BCUT2D eigenvalue weighted by molar-refractivity contribution is -0.119. The van der Waals surface area contributed by atoms with Gasteiger partial charge in [-0.15, -0.1) is 0 Å². The van der Waals surface area contributed by atoms with E-state index < -0.39 is 0 Å². The van der Waals surface area contributed by atoms with Crippen LogP contribution in [-0.4, -0.2) is 68.4 Å². The summed E-state index contributed by atoms with van der Waals surface area (Å²) in [7, 11) is 0. The molecule has 2 aliphatic heterocycles. The van der Waals surface area contributed by atoms with E-state index in [9.17, 15) is 4.79 Å². The SMILES string of the molecule is O=C(C1=COCCO1)N(CCCN1CCOCC1)c1nc2ccc(Cl)cc2s1. The van der Waals surface area contributed by atoms with Gasteiger partial charge in [-0.3, -0.25) is 14.6 Å². The number of rotatable bonds is 6. The summed E-state index contributed by atoms with van der Waals surface area (Å²) in [5.74, 6) is -0.0123. The molecule has 28 heavy (non-hydrogen) atoms. The number of carbonyl (C=O) groups is 1. The maximum Gasteiger partial charge on any atom is 0.298 e. The minimum absolute atomic E-state index is 0.218. The van der Waals surface area contributed by atoms with Crippen molar-refractivity contribution < 1.29 is 19.0 Å². The van der Waals surface area contributed by atoms with Gasteiger partial charge in [-0.2, -0.15) is 0 Å². The molecule has 0 saturated carbocycles. The van der Waals surface area contributed by atoms with E-state index in [1.165, 1.54) is 17.6 Å². The molecule has 9 heteroatoms. The Labute approximate surface area is 172 Å². The number of halogens is 1. The third kappa shape index (κ3) is 4.57. The number of fused-ring (bicyclic) bond motifs is 1. The Balaban J connectivity index is 1.52. The number of ether oxygens (including phenoxy) is 3. The molecule has 0 atom stereocenters. The van der Waals surface area contributed by atoms with Crippen LogP contribution in [0, 0.1) is 0 Å². The molecule has 1 aromatic heterocycles. The third-order valence-corrected chi connectivity index (χ3v) is 5.91. The Morgan fingerprint density at radius 1 is 1.25 bits per heavy atom. The fourth-order valence-corrected chi connectivity index (χ4v) is 4.44. The predicted octanol–water partition coefficient (Wildman–Crippen LogP) is 2.89. The molecule has 150 valence electrons. The molecule has 0 aliphatic carbocycles. The number of carbonyl (C=O) groups excluding carboxylic acids is 1. The van der Waals surface area contributed by atoms with Crippen LogP contribution in [0.5, 0.6) is 0 Å². The Bertz CT molecular complexity index is 866. The topological polar surface area (TPSA) is 64.1 Å². The summed E-state index contributed by atoms with van der Waals surface area (Å²) in [6, 6.07) is 5.54. The molecule has 0 N–H and O–H groups in total. The fraction of sp³-hybridized carbons (Fsp3) is 0.474. The van der Waals surface area contributed by atoms with Gasteiger partial charge in [-0.25, -0.2) is 4.98 Å². The zero-order valence-electron chi connectivity index (χ0n) is 15.4. The van der Waals surface area contributed by atoms with E-state index in [4.69, 9.17) is 25.8 Å². The summed E-state index contributed by atoms with van der Waals surface area (Å²) < 4.78 is 17.1. The number of morpholine rings is 1. The molecule has 7 nitrogen and oxygen atoms in total. The molecule has 4 rings (SSSR count). The summed E-state index contributed by atoms with van der Waals surface area (Å²) in [4.78, 5) is 21.8. The number of hydrogen-bond acceptors (Lipinski definition) is 7. The molecule has 1 saturated heterocycles. The van der Waals surface area contributed by atoms with Crippen LogP contribution in [0.2, 0.25) is 5.02 Å². The van der Waals surface area contributed by atoms with E-state index in [2.05, 4.69) is 9.88 Å². The number of thiazole rings is 1. The average molecular weight is 424 g/mol. The maximum absolute atomic E-state index is 13.1. The number of aromatic nitrogens is 1. The minimum atomic E-state index is -0.230. The molecule has 1 aromatic carbocycles. The molecule has 0 radical (unpaired) electrons. The molecule has 2 aromatic rings. The first kappa shape index (κ1) is 19.4. The summed E-state index contributed by atoms with van der Waals surface area (Å²) in [6.07, 6.45) is 2.22. The number of anilines is 1. The van der Waals surface area contributed by atoms with Gasteiger partial charge in [0.1, 0.15) is 19.5 Å². The van der Waals surface area contributed by atoms with Crippen LogP contribution in [0.1, 0.15) is 6.42 Å². The standard InChI is InChI=1S/C19H22ClN3O4S/c20-14-2-3-15-17(12-14)28-19(21-15)23(18(24)16-13-26-10-11-27-16)5-1-4-22-6-8-25-9-7-22/h2-3,12-13H,1,4-11H2. The van der Waals surface area contributed by atoms with Crippen molar-refractivity contribution in [1.29, 1.82) is 0 Å². The highest BCUT2D eigenvalue weighted by molar-refractivity contribution is 7.22. The van der Waals surface area contributed by atoms with E-state index in [-0.39, 0.29) is 11.7 Å². The van der Waals surface area contributed by atoms with E-state index in [0.29, 0.717) is 29.9 Å². The van der Waals surface area contributed by atoms with Gasteiger partial charge in [0.2, 0.25) is 5.76 Å². The normalized spacial score (nSPS) is 17.7. The predicted molar refractivity (Wildman–Crippen MR) is 109 cm³/mol. The van der Waals surface area contributed by atoms with E-state index in [1.54, 1.807) is 11.0 Å². The van der Waals surface area contributed by atoms with Gasteiger partial charge >= 0.3 is 0 Å². The Kier molecular flexibility index (Phi) is 6.31. The summed E-state index contributed by atoms with van der Waals surface area (Å²) in [6.45, 7) is 5.65. The van der Waals surface area contributed by atoms with Crippen LogP contribution in [0.15, 0.2) is 30.2 Å². The highest BCUT2D eigenvalue weighted by atomic mass is 35.5. The highest BCUT2D eigenvalue weighted by Gasteiger charge is 2.26. The van der Waals surface area contributed by atoms with Gasteiger partial charge in [0.05, 0.1) is 23.4 Å². The van der Waals surface area contributed by atoms with Crippen LogP contribution in [0.4, 0.5) is 5.13 Å². The zero-order valence-corrected chi connectivity index (χ0v) is 17.0. The Morgan fingerprint density at radius 3 is 2.89 bits per heavy atom.